The Morgan fingerprint density at radius 2 is 1.71 bits per heavy atom. The van der Waals surface area contributed by atoms with E-state index in [1.165, 1.54) is 37.4 Å². The summed E-state index contributed by atoms with van der Waals surface area (Å²) in [6.45, 7) is -2.17. The summed E-state index contributed by atoms with van der Waals surface area (Å²) in [4.78, 5) is 12.3. The molecule has 1 saturated carbocycles. The minimum Gasteiger partial charge on any atom is -0.457 e. The number of carbonyl (C=O) groups is 1. The summed E-state index contributed by atoms with van der Waals surface area (Å²) in [5.41, 5.74) is 6.39. The summed E-state index contributed by atoms with van der Waals surface area (Å²) >= 11 is 0. The van der Waals surface area contributed by atoms with E-state index in [0.29, 0.717) is 32.3 Å². The van der Waals surface area contributed by atoms with Crippen molar-refractivity contribution in [3.05, 3.63) is 72.0 Å². The van der Waals surface area contributed by atoms with Gasteiger partial charge in [0.2, 0.25) is 10.0 Å². The van der Waals surface area contributed by atoms with E-state index in [2.05, 4.69) is 5.32 Å². The Balaban J connectivity index is 1.61. The van der Waals surface area contributed by atoms with Crippen molar-refractivity contribution in [2.24, 2.45) is 5.73 Å². The molecule has 0 atom stereocenters. The molecule has 5 rings (SSSR count). The van der Waals surface area contributed by atoms with E-state index in [4.69, 9.17) is 19.6 Å². The van der Waals surface area contributed by atoms with Crippen LogP contribution in [0.15, 0.2) is 65.1 Å². The van der Waals surface area contributed by atoms with Gasteiger partial charge in [-0.05, 0) is 78.9 Å². The van der Waals surface area contributed by atoms with E-state index in [1.807, 2.05) is 0 Å². The fourth-order valence-electron chi connectivity index (χ4n) is 4.47. The number of nitrogens with zero attached hydrogens (tertiary/aromatic N) is 1. The maximum absolute atomic E-state index is 14.4. The third-order valence-electron chi connectivity index (χ3n) is 6.72. The molecule has 0 aliphatic heterocycles. The number of carbonyl (C=O) groups excluding carboxylic acids is 1. The van der Waals surface area contributed by atoms with Crippen molar-refractivity contribution in [3.63, 3.8) is 0 Å². The molecule has 1 aliphatic rings. The lowest BCUT2D eigenvalue weighted by atomic mass is 10.0. The minimum atomic E-state index is -4.14. The molecule has 1 amide bonds. The van der Waals surface area contributed by atoms with Crippen molar-refractivity contribution in [2.45, 2.75) is 24.7 Å². The van der Waals surface area contributed by atoms with Gasteiger partial charge in [0.15, 0.2) is 11.5 Å². The summed E-state index contributed by atoms with van der Waals surface area (Å²) in [5.74, 6) is -2.85. The highest BCUT2D eigenvalue weighted by molar-refractivity contribution is 7.92. The molecule has 3 N–H and O–H groups in total. The number of nitrogens with two attached hydrogens (primary N) is 1. The molecule has 1 fully saturated rings. The standard InChI is InChI=1S/C29H28F3N3O6S/c1-34-28(36)41-27-23-13-22(17-3-4-17)24(35(42(2,37)38)16-29(31,32)15-33)14-25(23)40-26(27)18-5-9-20(10-6-18)39-21-11-7-19(30)8-12-21/h5-14,17H,3-4,15-16,33H2,1-2H3,(H,34,36). The Hall–Kier alpha value is -4.23. The van der Waals surface area contributed by atoms with Crippen molar-refractivity contribution in [1.29, 1.82) is 0 Å². The first-order valence-electron chi connectivity index (χ1n) is 13.0. The fraction of sp³-hybridized carbons (Fsp3) is 0.276. The van der Waals surface area contributed by atoms with Gasteiger partial charge in [0.05, 0.1) is 30.4 Å². The average molecular weight is 604 g/mol. The molecule has 13 heteroatoms. The number of amides is 1. The van der Waals surface area contributed by atoms with E-state index in [-0.39, 0.29) is 28.7 Å². The average Bonchev–Trinajstić information content (AvgIpc) is 3.74. The van der Waals surface area contributed by atoms with Crippen LogP contribution in [0, 0.1) is 5.82 Å². The number of sulfonamides is 1. The van der Waals surface area contributed by atoms with Gasteiger partial charge >= 0.3 is 6.09 Å². The van der Waals surface area contributed by atoms with Crippen LogP contribution in [0.1, 0.15) is 24.3 Å². The smallest absolute Gasteiger partial charge is 0.412 e. The number of furan rings is 1. The van der Waals surface area contributed by atoms with Gasteiger partial charge < -0.3 is 24.9 Å². The number of benzene rings is 3. The number of ether oxygens (including phenoxy) is 2. The van der Waals surface area contributed by atoms with Crippen LogP contribution in [0.5, 0.6) is 17.2 Å². The predicted octanol–water partition coefficient (Wildman–Crippen LogP) is 5.99. The van der Waals surface area contributed by atoms with Crippen molar-refractivity contribution < 1.29 is 40.3 Å². The van der Waals surface area contributed by atoms with Crippen LogP contribution in [0.25, 0.3) is 22.3 Å². The highest BCUT2D eigenvalue weighted by atomic mass is 32.2. The van der Waals surface area contributed by atoms with E-state index < -0.39 is 40.9 Å². The molecule has 222 valence electrons. The number of hydrogen-bond acceptors (Lipinski definition) is 7. The number of rotatable bonds is 10. The first-order valence-corrected chi connectivity index (χ1v) is 14.8. The monoisotopic (exact) mass is 603 g/mol. The molecule has 1 heterocycles. The minimum absolute atomic E-state index is 0.0514. The van der Waals surface area contributed by atoms with Gasteiger partial charge in [0.25, 0.3) is 5.92 Å². The summed E-state index contributed by atoms with van der Waals surface area (Å²) in [6, 6.07) is 15.1. The molecule has 42 heavy (non-hydrogen) atoms. The lowest BCUT2D eigenvalue weighted by Crippen LogP contribution is -2.44. The number of hydrogen-bond donors (Lipinski definition) is 2. The van der Waals surface area contributed by atoms with Gasteiger partial charge in [0, 0.05) is 18.7 Å². The van der Waals surface area contributed by atoms with Crippen molar-refractivity contribution in [1.82, 2.24) is 5.32 Å². The van der Waals surface area contributed by atoms with Gasteiger partial charge in [-0.15, -0.1) is 0 Å². The summed E-state index contributed by atoms with van der Waals surface area (Å²) in [5, 5.41) is 2.75. The number of halogens is 3. The topological polar surface area (TPSA) is 124 Å². The van der Waals surface area contributed by atoms with Crippen LogP contribution >= 0.6 is 0 Å². The molecule has 0 saturated heterocycles. The van der Waals surface area contributed by atoms with Gasteiger partial charge in [-0.2, -0.15) is 0 Å². The highest BCUT2D eigenvalue weighted by Crippen LogP contribution is 2.50. The van der Waals surface area contributed by atoms with Crippen LogP contribution < -0.4 is 24.8 Å². The van der Waals surface area contributed by atoms with Gasteiger partial charge in [0.1, 0.15) is 22.9 Å². The Morgan fingerprint density at radius 3 is 2.26 bits per heavy atom. The largest absolute Gasteiger partial charge is 0.457 e. The number of anilines is 1. The fourth-order valence-corrected chi connectivity index (χ4v) is 5.41. The predicted molar refractivity (Wildman–Crippen MR) is 151 cm³/mol. The second-order valence-corrected chi connectivity index (χ2v) is 11.9. The Bertz CT molecular complexity index is 1720. The van der Waals surface area contributed by atoms with Crippen LogP contribution in [-0.2, 0) is 10.0 Å². The third-order valence-corrected chi connectivity index (χ3v) is 7.84. The third kappa shape index (κ3) is 6.31. The SMILES string of the molecule is CNC(=O)Oc1c(-c2ccc(Oc3ccc(F)cc3)cc2)oc2cc(N(CC(F)(F)CN)S(C)(=O)=O)c(C3CC3)cc12. The maximum Gasteiger partial charge on any atom is 0.412 e. The highest BCUT2D eigenvalue weighted by Gasteiger charge is 2.38. The van der Waals surface area contributed by atoms with Gasteiger partial charge in [-0.1, -0.05) is 0 Å². The van der Waals surface area contributed by atoms with Gasteiger partial charge in [-0.25, -0.2) is 26.4 Å². The number of nitrogens with one attached hydrogen (secondary N) is 1. The van der Waals surface area contributed by atoms with Crippen molar-refractivity contribution >= 4 is 32.8 Å². The van der Waals surface area contributed by atoms with Crippen molar-refractivity contribution in [3.8, 4) is 28.6 Å². The molecule has 0 radical (unpaired) electrons. The Morgan fingerprint density at radius 1 is 1.10 bits per heavy atom. The molecular formula is C29H28F3N3O6S. The molecule has 0 unspecified atom stereocenters. The first-order chi connectivity index (χ1) is 19.9. The molecule has 9 nitrogen and oxygen atoms in total. The Labute approximate surface area is 240 Å². The normalized spacial score (nSPS) is 13.7. The zero-order valence-electron chi connectivity index (χ0n) is 22.7. The lowest BCUT2D eigenvalue weighted by molar-refractivity contribution is 0.0220. The summed E-state index contributed by atoms with van der Waals surface area (Å²) < 4.78 is 85.5. The zero-order chi connectivity index (χ0) is 30.2. The zero-order valence-corrected chi connectivity index (χ0v) is 23.5. The molecule has 0 bridgehead atoms. The summed E-state index contributed by atoms with van der Waals surface area (Å²) in [6.07, 6.45) is 1.54. The second-order valence-electron chi connectivity index (χ2n) is 9.99. The van der Waals surface area contributed by atoms with Crippen LogP contribution in [-0.4, -0.2) is 46.8 Å². The molecule has 1 aromatic heterocycles. The quantitative estimate of drug-likeness (QED) is 0.228. The lowest BCUT2D eigenvalue weighted by Gasteiger charge is -2.28. The summed E-state index contributed by atoms with van der Waals surface area (Å²) in [7, 11) is -2.75. The second kappa shape index (κ2) is 11.2. The molecule has 3 aromatic carbocycles. The Kier molecular flexibility index (Phi) is 7.82. The van der Waals surface area contributed by atoms with E-state index in [0.717, 1.165) is 19.1 Å². The van der Waals surface area contributed by atoms with Crippen molar-refractivity contribution in [2.75, 3.05) is 30.7 Å². The molecule has 0 spiro atoms. The molecule has 4 aromatic rings. The van der Waals surface area contributed by atoms with Crippen LogP contribution in [0.4, 0.5) is 23.7 Å². The van der Waals surface area contributed by atoms with E-state index in [1.54, 1.807) is 30.3 Å². The first kappa shape index (κ1) is 29.3. The maximum atomic E-state index is 14.4. The molecular weight excluding hydrogens is 575 g/mol. The van der Waals surface area contributed by atoms with E-state index >= 15 is 0 Å². The van der Waals surface area contributed by atoms with Crippen LogP contribution in [0.3, 0.4) is 0 Å². The van der Waals surface area contributed by atoms with Crippen LogP contribution in [0.2, 0.25) is 0 Å². The number of fused-ring (bicyclic) bond motifs is 1. The molecule has 1 aliphatic carbocycles. The van der Waals surface area contributed by atoms with E-state index in [9.17, 15) is 26.4 Å². The number of alkyl halides is 2. The van der Waals surface area contributed by atoms with Gasteiger partial charge in [-0.3, -0.25) is 4.31 Å².